The van der Waals surface area contributed by atoms with Crippen molar-refractivity contribution < 1.29 is 5.11 Å². The van der Waals surface area contributed by atoms with Crippen molar-refractivity contribution in [1.29, 1.82) is 0 Å². The molecule has 9 heteroatoms. The molecule has 5 N–H and O–H groups in total. The van der Waals surface area contributed by atoms with Gasteiger partial charge in [-0.15, -0.1) is 0 Å². The maximum Gasteiger partial charge on any atom is 0.296 e. The van der Waals surface area contributed by atoms with Gasteiger partial charge in [-0.3, -0.25) is 4.57 Å². The normalized spacial score (nSPS) is 11.1. The lowest BCUT2D eigenvalue weighted by atomic mass is 10.3. The fourth-order valence-corrected chi connectivity index (χ4v) is 2.06. The van der Waals surface area contributed by atoms with Gasteiger partial charge in [-0.05, 0) is 6.07 Å². The van der Waals surface area contributed by atoms with Gasteiger partial charge >= 0.3 is 0 Å². The molecule has 8 nitrogen and oxygen atoms in total. The number of imidazole rings is 1. The Labute approximate surface area is 118 Å². The van der Waals surface area contributed by atoms with Gasteiger partial charge in [0.1, 0.15) is 5.15 Å². The van der Waals surface area contributed by atoms with Crippen LogP contribution in [0.2, 0.25) is 5.15 Å². The number of pyridine rings is 1. The minimum absolute atomic E-state index is 0.00781. The van der Waals surface area contributed by atoms with Crippen LogP contribution in [0.5, 0.6) is 6.01 Å². The SMILES string of the molecule is Nc1nc(N)c2nc(O)n(Cc3cccnc3Cl)c2n1. The van der Waals surface area contributed by atoms with Crippen LogP contribution in [-0.4, -0.2) is 29.6 Å². The van der Waals surface area contributed by atoms with E-state index in [1.54, 1.807) is 18.3 Å². The van der Waals surface area contributed by atoms with Crippen LogP contribution in [0.3, 0.4) is 0 Å². The molecule has 0 radical (unpaired) electrons. The van der Waals surface area contributed by atoms with E-state index in [1.165, 1.54) is 4.57 Å². The van der Waals surface area contributed by atoms with Crippen LogP contribution in [0.1, 0.15) is 5.56 Å². The second-order valence-electron chi connectivity index (χ2n) is 4.09. The van der Waals surface area contributed by atoms with Crippen molar-refractivity contribution in [1.82, 2.24) is 24.5 Å². The van der Waals surface area contributed by atoms with Crippen LogP contribution in [0.4, 0.5) is 11.8 Å². The largest absolute Gasteiger partial charge is 0.480 e. The van der Waals surface area contributed by atoms with E-state index < -0.39 is 0 Å². The van der Waals surface area contributed by atoms with Gasteiger partial charge in [0, 0.05) is 11.8 Å². The second kappa shape index (κ2) is 4.49. The monoisotopic (exact) mass is 291 g/mol. The molecule has 3 heterocycles. The molecule has 0 aliphatic rings. The first-order chi connectivity index (χ1) is 9.56. The molecule has 0 saturated heterocycles. The topological polar surface area (TPSA) is 129 Å². The molecule has 0 atom stereocenters. The van der Waals surface area contributed by atoms with E-state index in [-0.39, 0.29) is 29.8 Å². The fourth-order valence-electron chi connectivity index (χ4n) is 1.88. The van der Waals surface area contributed by atoms with Gasteiger partial charge in [-0.1, -0.05) is 17.7 Å². The molecule has 0 aliphatic carbocycles. The van der Waals surface area contributed by atoms with Crippen molar-refractivity contribution >= 4 is 34.5 Å². The predicted molar refractivity (Wildman–Crippen MR) is 74.2 cm³/mol. The molecule has 0 spiro atoms. The predicted octanol–water partition coefficient (Wildman–Crippen LogP) is 0.793. The van der Waals surface area contributed by atoms with Crippen molar-refractivity contribution in [2.75, 3.05) is 11.5 Å². The highest BCUT2D eigenvalue weighted by Gasteiger charge is 2.16. The number of hydrogen-bond acceptors (Lipinski definition) is 7. The zero-order chi connectivity index (χ0) is 14.3. The third-order valence-electron chi connectivity index (χ3n) is 2.78. The minimum Gasteiger partial charge on any atom is -0.480 e. The summed E-state index contributed by atoms with van der Waals surface area (Å²) in [5.41, 5.74) is 12.6. The molecule has 0 aliphatic heterocycles. The molecular weight excluding hydrogens is 282 g/mol. The van der Waals surface area contributed by atoms with E-state index in [9.17, 15) is 5.11 Å². The molecular formula is C11H10ClN7O. The molecule has 3 aromatic rings. The number of nitrogens with zero attached hydrogens (tertiary/aromatic N) is 5. The lowest BCUT2D eigenvalue weighted by Crippen LogP contribution is -2.05. The Morgan fingerprint density at radius 3 is 2.80 bits per heavy atom. The Hall–Kier alpha value is -2.61. The van der Waals surface area contributed by atoms with Crippen molar-refractivity contribution in [3.8, 4) is 6.01 Å². The molecule has 3 rings (SSSR count). The molecule has 102 valence electrons. The fraction of sp³-hybridized carbons (Fsp3) is 0.0909. The summed E-state index contributed by atoms with van der Waals surface area (Å²) < 4.78 is 1.44. The van der Waals surface area contributed by atoms with E-state index in [4.69, 9.17) is 23.1 Å². The Bertz CT molecular complexity index is 801. The maximum absolute atomic E-state index is 9.93. The Kier molecular flexibility index (Phi) is 2.79. The van der Waals surface area contributed by atoms with E-state index in [1.807, 2.05) is 0 Å². The molecule has 0 amide bonds. The molecule has 3 aromatic heterocycles. The summed E-state index contributed by atoms with van der Waals surface area (Å²) >= 11 is 6.00. The molecule has 20 heavy (non-hydrogen) atoms. The summed E-state index contributed by atoms with van der Waals surface area (Å²) in [7, 11) is 0. The summed E-state index contributed by atoms with van der Waals surface area (Å²) in [6, 6.07) is 3.29. The first kappa shape index (κ1) is 12.4. The van der Waals surface area contributed by atoms with Gasteiger partial charge in [-0.25, -0.2) is 4.98 Å². The van der Waals surface area contributed by atoms with Crippen LogP contribution >= 0.6 is 11.6 Å². The standard InChI is InChI=1S/C11H10ClN7O/c12-7-5(2-1-3-15-7)4-19-9-6(16-11(19)20)8(13)17-10(14)18-9/h1-3H,4H2,(H,16,20)(H4,13,14,17,18). The summed E-state index contributed by atoms with van der Waals surface area (Å²) in [4.78, 5) is 15.7. The van der Waals surface area contributed by atoms with Crippen LogP contribution < -0.4 is 11.5 Å². The number of aromatic hydroxyl groups is 1. The van der Waals surface area contributed by atoms with E-state index >= 15 is 0 Å². The van der Waals surface area contributed by atoms with Gasteiger partial charge < -0.3 is 16.6 Å². The van der Waals surface area contributed by atoms with Crippen molar-refractivity contribution in [2.45, 2.75) is 6.54 Å². The van der Waals surface area contributed by atoms with Gasteiger partial charge in [0.15, 0.2) is 17.0 Å². The van der Waals surface area contributed by atoms with Gasteiger partial charge in [0.05, 0.1) is 6.54 Å². The summed E-state index contributed by atoms with van der Waals surface area (Å²) in [5, 5.41) is 10.3. The van der Waals surface area contributed by atoms with Crippen molar-refractivity contribution in [2.24, 2.45) is 0 Å². The summed E-state index contributed by atoms with van der Waals surface area (Å²) in [5.74, 6) is 0.118. The lowest BCUT2D eigenvalue weighted by molar-refractivity contribution is 0.408. The Morgan fingerprint density at radius 2 is 2.05 bits per heavy atom. The van der Waals surface area contributed by atoms with Crippen LogP contribution in [-0.2, 0) is 6.54 Å². The lowest BCUT2D eigenvalue weighted by Gasteiger charge is -2.06. The summed E-state index contributed by atoms with van der Waals surface area (Å²) in [6.45, 7) is 0.241. The Morgan fingerprint density at radius 1 is 1.25 bits per heavy atom. The average molecular weight is 292 g/mol. The third-order valence-corrected chi connectivity index (χ3v) is 3.12. The number of aromatic nitrogens is 5. The van der Waals surface area contributed by atoms with E-state index in [2.05, 4.69) is 19.9 Å². The average Bonchev–Trinajstić information content (AvgIpc) is 2.70. The van der Waals surface area contributed by atoms with Crippen LogP contribution in [0.25, 0.3) is 11.2 Å². The first-order valence-corrected chi connectivity index (χ1v) is 6.01. The number of nitrogen functional groups attached to an aromatic ring is 2. The van der Waals surface area contributed by atoms with Crippen LogP contribution in [0, 0.1) is 0 Å². The molecule has 0 saturated carbocycles. The molecule has 0 bridgehead atoms. The number of rotatable bonds is 2. The summed E-state index contributed by atoms with van der Waals surface area (Å²) in [6.07, 6.45) is 1.58. The number of halogens is 1. The highest BCUT2D eigenvalue weighted by molar-refractivity contribution is 6.30. The van der Waals surface area contributed by atoms with E-state index in [0.29, 0.717) is 16.4 Å². The number of hydrogen-bond donors (Lipinski definition) is 3. The quantitative estimate of drug-likeness (QED) is 0.595. The van der Waals surface area contributed by atoms with Crippen LogP contribution in [0.15, 0.2) is 18.3 Å². The van der Waals surface area contributed by atoms with Gasteiger partial charge in [0.25, 0.3) is 6.01 Å². The molecule has 0 aromatic carbocycles. The highest BCUT2D eigenvalue weighted by atomic mass is 35.5. The van der Waals surface area contributed by atoms with Crippen molar-refractivity contribution in [3.63, 3.8) is 0 Å². The minimum atomic E-state index is -0.244. The first-order valence-electron chi connectivity index (χ1n) is 5.64. The Balaban J connectivity index is 2.17. The maximum atomic E-state index is 9.93. The number of fused-ring (bicyclic) bond motifs is 1. The van der Waals surface area contributed by atoms with E-state index in [0.717, 1.165) is 0 Å². The molecule has 0 fully saturated rings. The highest BCUT2D eigenvalue weighted by Crippen LogP contribution is 2.25. The van der Waals surface area contributed by atoms with Gasteiger partial charge in [0.2, 0.25) is 5.95 Å². The smallest absolute Gasteiger partial charge is 0.296 e. The number of anilines is 2. The zero-order valence-corrected chi connectivity index (χ0v) is 10.9. The van der Waals surface area contributed by atoms with Crippen molar-refractivity contribution in [3.05, 3.63) is 29.0 Å². The third kappa shape index (κ3) is 1.95. The molecule has 0 unspecified atom stereocenters. The second-order valence-corrected chi connectivity index (χ2v) is 4.45. The zero-order valence-electron chi connectivity index (χ0n) is 10.2. The number of nitrogens with two attached hydrogens (primary N) is 2. The van der Waals surface area contributed by atoms with Gasteiger partial charge in [-0.2, -0.15) is 15.0 Å².